The Labute approximate surface area is 245 Å². The zero-order chi connectivity index (χ0) is 29.9. The Hall–Kier alpha value is -3.53. The van der Waals surface area contributed by atoms with Crippen molar-refractivity contribution < 1.29 is 23.1 Å². The van der Waals surface area contributed by atoms with Crippen molar-refractivity contribution in [2.45, 2.75) is 58.5 Å². The molecule has 2 amide bonds. The molecule has 226 valence electrons. The predicted molar refractivity (Wildman–Crippen MR) is 158 cm³/mol. The zero-order valence-electron chi connectivity index (χ0n) is 24.7. The van der Waals surface area contributed by atoms with Gasteiger partial charge in [0, 0.05) is 37.2 Å². The maximum atomic E-state index is 13.1. The minimum atomic E-state index is -2.88. The van der Waals surface area contributed by atoms with Gasteiger partial charge in [-0.2, -0.15) is 8.78 Å². The number of piperidine rings is 2. The maximum Gasteiger partial charge on any atom is 0.387 e. The van der Waals surface area contributed by atoms with E-state index in [1.807, 2.05) is 23.1 Å². The molecule has 0 spiro atoms. The first-order chi connectivity index (χ1) is 20.1. The van der Waals surface area contributed by atoms with Crippen LogP contribution in [0.3, 0.4) is 0 Å². The van der Waals surface area contributed by atoms with Crippen LogP contribution in [0.4, 0.5) is 8.78 Å². The first kappa shape index (κ1) is 29.9. The normalized spacial score (nSPS) is 17.6. The molecule has 8 nitrogen and oxygen atoms in total. The minimum absolute atomic E-state index is 0.0488. The number of aromatic amines is 1. The minimum Gasteiger partial charge on any atom is -0.435 e. The quantitative estimate of drug-likeness (QED) is 0.369. The summed E-state index contributed by atoms with van der Waals surface area (Å²) in [6, 6.07) is 11.6. The monoisotopic (exact) mass is 581 g/mol. The summed E-state index contributed by atoms with van der Waals surface area (Å²) in [5.74, 6) is 1.77. The largest absolute Gasteiger partial charge is 0.435 e. The van der Waals surface area contributed by atoms with Gasteiger partial charge in [-0.25, -0.2) is 4.98 Å². The number of aromatic nitrogens is 2. The number of nitrogens with one attached hydrogen (secondary N) is 2. The van der Waals surface area contributed by atoms with E-state index >= 15 is 0 Å². The van der Waals surface area contributed by atoms with E-state index in [2.05, 4.69) is 40.7 Å². The summed E-state index contributed by atoms with van der Waals surface area (Å²) < 4.78 is 29.1. The number of para-hydroxylation sites is 1. The van der Waals surface area contributed by atoms with Gasteiger partial charge in [-0.05, 0) is 87.0 Å². The lowest BCUT2D eigenvalue weighted by molar-refractivity contribution is -0.0498. The van der Waals surface area contributed by atoms with Gasteiger partial charge in [0.1, 0.15) is 17.1 Å². The third kappa shape index (κ3) is 7.27. The Kier molecular flexibility index (Phi) is 9.11. The van der Waals surface area contributed by atoms with Crippen LogP contribution in [0, 0.1) is 11.8 Å². The summed E-state index contributed by atoms with van der Waals surface area (Å²) in [5, 5.41) is 3.16. The van der Waals surface area contributed by atoms with Gasteiger partial charge in [0.05, 0.1) is 11.1 Å². The predicted octanol–water partition coefficient (Wildman–Crippen LogP) is 5.46. The first-order valence-electron chi connectivity index (χ1n) is 14.9. The average molecular weight is 582 g/mol. The van der Waals surface area contributed by atoms with Gasteiger partial charge in [-0.1, -0.05) is 26.8 Å². The standard InChI is InChI=1S/C32H41F2N5O3/c1-32(2,3)30-36-26-6-4-5-25(27(26)37-30)28(40)35-19-21-11-15-38(16-12-21)20-22-13-17-39(18-14-22)29(41)23-7-9-24(10-8-23)42-31(33)34/h4-10,21-22,31H,11-20H2,1-3H3,(H,35,40)(H,36,37). The van der Waals surface area contributed by atoms with Gasteiger partial charge >= 0.3 is 6.61 Å². The van der Waals surface area contributed by atoms with E-state index in [1.54, 1.807) is 12.1 Å². The number of fused-ring (bicyclic) bond motifs is 1. The molecule has 2 aliphatic rings. The molecule has 2 N–H and O–H groups in total. The van der Waals surface area contributed by atoms with Crippen molar-refractivity contribution >= 4 is 22.8 Å². The molecule has 42 heavy (non-hydrogen) atoms. The number of amides is 2. The van der Waals surface area contributed by atoms with E-state index in [0.29, 0.717) is 42.6 Å². The molecule has 0 atom stereocenters. The van der Waals surface area contributed by atoms with Gasteiger partial charge < -0.3 is 24.8 Å². The number of carbonyl (C=O) groups is 2. The number of hydrogen-bond acceptors (Lipinski definition) is 5. The number of halogens is 2. The van der Waals surface area contributed by atoms with Crippen LogP contribution in [0.25, 0.3) is 11.0 Å². The molecule has 0 unspecified atom stereocenters. The van der Waals surface area contributed by atoms with Crippen LogP contribution < -0.4 is 10.1 Å². The van der Waals surface area contributed by atoms with Crippen molar-refractivity contribution in [2.24, 2.45) is 11.8 Å². The van der Waals surface area contributed by atoms with Gasteiger partial charge in [0.2, 0.25) is 0 Å². The van der Waals surface area contributed by atoms with Gasteiger partial charge in [-0.15, -0.1) is 0 Å². The number of H-pyrrole nitrogens is 1. The molecule has 5 rings (SSSR count). The molecule has 3 heterocycles. The topological polar surface area (TPSA) is 90.6 Å². The molecule has 3 aromatic rings. The van der Waals surface area contributed by atoms with E-state index in [1.165, 1.54) is 12.1 Å². The summed E-state index contributed by atoms with van der Waals surface area (Å²) in [6.45, 7) is 8.52. The number of carbonyl (C=O) groups excluding carboxylic acids is 2. The molecule has 0 aliphatic carbocycles. The second kappa shape index (κ2) is 12.8. The van der Waals surface area contributed by atoms with Crippen molar-refractivity contribution in [1.82, 2.24) is 25.1 Å². The van der Waals surface area contributed by atoms with Gasteiger partial charge in [-0.3, -0.25) is 9.59 Å². The smallest absolute Gasteiger partial charge is 0.387 e. The van der Waals surface area contributed by atoms with Crippen LogP contribution in [-0.2, 0) is 5.41 Å². The van der Waals surface area contributed by atoms with E-state index in [9.17, 15) is 18.4 Å². The summed E-state index contributed by atoms with van der Waals surface area (Å²) in [5.41, 5.74) is 2.58. The number of rotatable bonds is 8. The van der Waals surface area contributed by atoms with Crippen molar-refractivity contribution in [3.8, 4) is 5.75 Å². The number of benzene rings is 2. The van der Waals surface area contributed by atoms with Crippen LogP contribution in [-0.4, -0.2) is 77.5 Å². The fraction of sp³-hybridized carbons (Fsp3) is 0.531. The molecule has 0 bridgehead atoms. The first-order valence-corrected chi connectivity index (χ1v) is 14.9. The number of likely N-dealkylation sites (tertiary alicyclic amines) is 2. The summed E-state index contributed by atoms with van der Waals surface area (Å²) >= 11 is 0. The lowest BCUT2D eigenvalue weighted by atomic mass is 9.92. The molecule has 2 aromatic carbocycles. The molecule has 1 aromatic heterocycles. The number of hydrogen-bond donors (Lipinski definition) is 2. The number of nitrogens with zero attached hydrogens (tertiary/aromatic N) is 3. The third-order valence-electron chi connectivity index (χ3n) is 8.47. The molecule has 0 saturated carbocycles. The number of imidazole rings is 1. The van der Waals surface area contributed by atoms with Crippen molar-refractivity contribution in [1.29, 1.82) is 0 Å². The molecular formula is C32H41F2N5O3. The van der Waals surface area contributed by atoms with Crippen LogP contribution in [0.5, 0.6) is 5.75 Å². The SMILES string of the molecule is CC(C)(C)c1nc2c(C(=O)NCC3CCN(CC4CCN(C(=O)c5ccc(OC(F)F)cc5)CC4)CC3)cccc2[nH]1. The van der Waals surface area contributed by atoms with Crippen LogP contribution >= 0.6 is 0 Å². The second-order valence-corrected chi connectivity index (χ2v) is 12.6. The number of alkyl halides is 2. The Morgan fingerprint density at radius 3 is 2.31 bits per heavy atom. The van der Waals surface area contributed by atoms with Crippen LogP contribution in [0.1, 0.15) is 73.0 Å². The van der Waals surface area contributed by atoms with Gasteiger partial charge in [0.15, 0.2) is 0 Å². The Morgan fingerprint density at radius 1 is 1.00 bits per heavy atom. The average Bonchev–Trinajstić information content (AvgIpc) is 3.42. The molecule has 0 radical (unpaired) electrons. The molecule has 2 saturated heterocycles. The molecule has 2 aliphatic heterocycles. The Balaban J connectivity index is 1.03. The number of ether oxygens (including phenoxy) is 1. The van der Waals surface area contributed by atoms with Crippen molar-refractivity contribution in [3.05, 3.63) is 59.4 Å². The Morgan fingerprint density at radius 2 is 1.67 bits per heavy atom. The molecule has 10 heteroatoms. The summed E-state index contributed by atoms with van der Waals surface area (Å²) in [7, 11) is 0. The summed E-state index contributed by atoms with van der Waals surface area (Å²) in [4.78, 5) is 38.4. The van der Waals surface area contributed by atoms with Gasteiger partial charge in [0.25, 0.3) is 11.8 Å². The van der Waals surface area contributed by atoms with E-state index in [-0.39, 0.29) is 23.0 Å². The third-order valence-corrected chi connectivity index (χ3v) is 8.47. The van der Waals surface area contributed by atoms with Crippen molar-refractivity contribution in [3.63, 3.8) is 0 Å². The lowest BCUT2D eigenvalue weighted by Gasteiger charge is -2.37. The van der Waals surface area contributed by atoms with E-state index < -0.39 is 6.61 Å². The highest BCUT2D eigenvalue weighted by Gasteiger charge is 2.28. The second-order valence-electron chi connectivity index (χ2n) is 12.6. The molecule has 2 fully saturated rings. The van der Waals surface area contributed by atoms with E-state index in [4.69, 9.17) is 4.98 Å². The Bertz CT molecular complexity index is 1370. The maximum absolute atomic E-state index is 13.1. The van der Waals surface area contributed by atoms with Crippen LogP contribution in [0.2, 0.25) is 0 Å². The molecular weight excluding hydrogens is 540 g/mol. The van der Waals surface area contributed by atoms with Crippen LogP contribution in [0.15, 0.2) is 42.5 Å². The highest BCUT2D eigenvalue weighted by atomic mass is 19.3. The zero-order valence-corrected chi connectivity index (χ0v) is 24.7. The highest BCUT2D eigenvalue weighted by molar-refractivity contribution is 6.04. The highest BCUT2D eigenvalue weighted by Crippen LogP contribution is 2.26. The fourth-order valence-electron chi connectivity index (χ4n) is 5.92. The lowest BCUT2D eigenvalue weighted by Crippen LogP contribution is -2.44. The van der Waals surface area contributed by atoms with Crippen molar-refractivity contribution in [2.75, 3.05) is 39.3 Å². The fourth-order valence-corrected chi connectivity index (χ4v) is 5.92. The summed E-state index contributed by atoms with van der Waals surface area (Å²) in [6.07, 6.45) is 3.99. The van der Waals surface area contributed by atoms with E-state index in [0.717, 1.165) is 62.2 Å².